The van der Waals surface area contributed by atoms with Gasteiger partial charge in [0.25, 0.3) is 0 Å². The summed E-state index contributed by atoms with van der Waals surface area (Å²) in [7, 11) is 0. The van der Waals surface area contributed by atoms with Gasteiger partial charge >= 0.3 is 0 Å². The molecule has 20 heavy (non-hydrogen) atoms. The van der Waals surface area contributed by atoms with E-state index in [0.717, 1.165) is 36.9 Å². The molecule has 0 aliphatic rings. The van der Waals surface area contributed by atoms with E-state index in [-0.39, 0.29) is 5.75 Å². The van der Waals surface area contributed by atoms with Crippen molar-refractivity contribution in [3.63, 3.8) is 0 Å². The number of pyridine rings is 1. The molecule has 2 aromatic rings. The van der Waals surface area contributed by atoms with Crippen LogP contribution in [0.2, 0.25) is 0 Å². The third kappa shape index (κ3) is 4.28. The number of halogens is 2. The van der Waals surface area contributed by atoms with Gasteiger partial charge in [0.2, 0.25) is 5.88 Å². The van der Waals surface area contributed by atoms with E-state index in [0.29, 0.717) is 12.4 Å². The van der Waals surface area contributed by atoms with Gasteiger partial charge in [-0.15, -0.1) is 0 Å². The molecule has 0 radical (unpaired) electrons. The molecule has 0 aliphatic carbocycles. The first-order chi connectivity index (χ1) is 9.67. The van der Waals surface area contributed by atoms with E-state index in [1.165, 1.54) is 0 Å². The summed E-state index contributed by atoms with van der Waals surface area (Å²) in [6.07, 6.45) is 1.04. The van der Waals surface area contributed by atoms with Crippen LogP contribution in [0.25, 0.3) is 0 Å². The van der Waals surface area contributed by atoms with E-state index < -0.39 is 11.6 Å². The van der Waals surface area contributed by atoms with Gasteiger partial charge in [0.1, 0.15) is 17.4 Å². The van der Waals surface area contributed by atoms with E-state index in [9.17, 15) is 8.78 Å². The lowest BCUT2D eigenvalue weighted by molar-refractivity contribution is 0.448. The third-order valence-electron chi connectivity index (χ3n) is 2.57. The zero-order valence-electron chi connectivity index (χ0n) is 11.2. The fourth-order valence-electron chi connectivity index (χ4n) is 1.71. The largest absolute Gasteiger partial charge is 0.439 e. The van der Waals surface area contributed by atoms with Gasteiger partial charge in [-0.1, -0.05) is 13.0 Å². The van der Waals surface area contributed by atoms with E-state index >= 15 is 0 Å². The molecule has 106 valence electrons. The summed E-state index contributed by atoms with van der Waals surface area (Å²) in [5.41, 5.74) is 0.813. The molecule has 2 rings (SSSR count). The first-order valence-corrected chi connectivity index (χ1v) is 6.48. The van der Waals surface area contributed by atoms with Gasteiger partial charge in [-0.05, 0) is 19.0 Å². The highest BCUT2D eigenvalue weighted by Gasteiger charge is 2.04. The molecular formula is C15H16F2N2O. The lowest BCUT2D eigenvalue weighted by Gasteiger charge is -2.07. The lowest BCUT2D eigenvalue weighted by Crippen LogP contribution is -2.14. The highest BCUT2D eigenvalue weighted by Crippen LogP contribution is 2.21. The molecule has 3 nitrogen and oxygen atoms in total. The molecule has 5 heteroatoms. The van der Waals surface area contributed by atoms with Crippen LogP contribution < -0.4 is 10.1 Å². The maximum absolute atomic E-state index is 13.1. The Labute approximate surface area is 116 Å². The Bertz CT molecular complexity index is 555. The molecule has 1 heterocycles. The van der Waals surface area contributed by atoms with Crippen LogP contribution >= 0.6 is 0 Å². The molecular weight excluding hydrogens is 262 g/mol. The number of hydrogen-bond donors (Lipinski definition) is 1. The van der Waals surface area contributed by atoms with Crippen LogP contribution in [0.15, 0.2) is 36.4 Å². The van der Waals surface area contributed by atoms with Crippen LogP contribution in [0, 0.1) is 11.6 Å². The molecule has 0 amide bonds. The quantitative estimate of drug-likeness (QED) is 0.819. The van der Waals surface area contributed by atoms with Crippen molar-refractivity contribution in [1.82, 2.24) is 10.3 Å². The van der Waals surface area contributed by atoms with Gasteiger partial charge < -0.3 is 10.1 Å². The van der Waals surface area contributed by atoms with Crippen LogP contribution in [0.5, 0.6) is 11.6 Å². The lowest BCUT2D eigenvalue weighted by atomic mass is 10.3. The molecule has 1 N–H and O–H groups in total. The molecule has 0 aliphatic heterocycles. The van der Waals surface area contributed by atoms with Gasteiger partial charge in [0, 0.05) is 30.8 Å². The second kappa shape index (κ2) is 6.96. The van der Waals surface area contributed by atoms with Crippen molar-refractivity contribution in [3.05, 3.63) is 53.7 Å². The zero-order chi connectivity index (χ0) is 14.4. The molecule has 0 atom stereocenters. The summed E-state index contributed by atoms with van der Waals surface area (Å²) in [5, 5.41) is 3.22. The smallest absolute Gasteiger partial charge is 0.219 e. The molecule has 0 fully saturated rings. The van der Waals surface area contributed by atoms with Crippen molar-refractivity contribution in [2.24, 2.45) is 0 Å². The van der Waals surface area contributed by atoms with E-state index in [1.54, 1.807) is 12.1 Å². The van der Waals surface area contributed by atoms with Crippen molar-refractivity contribution in [3.8, 4) is 11.6 Å². The highest BCUT2D eigenvalue weighted by molar-refractivity contribution is 5.28. The highest BCUT2D eigenvalue weighted by atomic mass is 19.1. The third-order valence-corrected chi connectivity index (χ3v) is 2.57. The molecule has 0 spiro atoms. The van der Waals surface area contributed by atoms with Crippen LogP contribution in [0.4, 0.5) is 8.78 Å². The normalized spacial score (nSPS) is 10.6. The number of benzene rings is 1. The minimum Gasteiger partial charge on any atom is -0.439 e. The predicted octanol–water partition coefficient (Wildman–Crippen LogP) is 3.65. The summed E-state index contributed by atoms with van der Waals surface area (Å²) in [6.45, 7) is 3.61. The first-order valence-electron chi connectivity index (χ1n) is 6.48. The van der Waals surface area contributed by atoms with E-state index in [2.05, 4.69) is 17.2 Å². The fourth-order valence-corrected chi connectivity index (χ4v) is 1.71. The van der Waals surface area contributed by atoms with Crippen molar-refractivity contribution >= 4 is 0 Å². The van der Waals surface area contributed by atoms with Gasteiger partial charge in [0.15, 0.2) is 0 Å². The first kappa shape index (κ1) is 14.4. The molecule has 0 saturated carbocycles. The molecule has 1 aromatic carbocycles. The Morgan fingerprint density at radius 3 is 2.60 bits per heavy atom. The van der Waals surface area contributed by atoms with Crippen LogP contribution in [-0.2, 0) is 6.54 Å². The van der Waals surface area contributed by atoms with Gasteiger partial charge in [-0.2, -0.15) is 0 Å². The molecule has 1 aromatic heterocycles. The number of ether oxygens (including phenoxy) is 1. The van der Waals surface area contributed by atoms with Crippen LogP contribution in [0.1, 0.15) is 19.0 Å². The number of nitrogens with one attached hydrogen (secondary N) is 1. The monoisotopic (exact) mass is 278 g/mol. The predicted molar refractivity (Wildman–Crippen MR) is 72.7 cm³/mol. The second-order valence-corrected chi connectivity index (χ2v) is 4.35. The summed E-state index contributed by atoms with van der Waals surface area (Å²) in [4.78, 5) is 4.27. The average Bonchev–Trinajstić information content (AvgIpc) is 2.38. The Hall–Kier alpha value is -2.01. The van der Waals surface area contributed by atoms with Crippen molar-refractivity contribution in [1.29, 1.82) is 0 Å². The molecule has 0 unspecified atom stereocenters. The number of rotatable bonds is 6. The minimum atomic E-state index is -0.680. The maximum Gasteiger partial charge on any atom is 0.219 e. The van der Waals surface area contributed by atoms with E-state index in [4.69, 9.17) is 4.74 Å². The molecule has 0 saturated heterocycles. The zero-order valence-corrected chi connectivity index (χ0v) is 11.2. The van der Waals surface area contributed by atoms with Crippen molar-refractivity contribution in [2.45, 2.75) is 19.9 Å². The fraction of sp³-hybridized carbons (Fsp3) is 0.267. The Morgan fingerprint density at radius 1 is 1.15 bits per heavy atom. The number of nitrogens with zero attached hydrogens (tertiary/aromatic N) is 1. The summed E-state index contributed by atoms with van der Waals surface area (Å²) in [6, 6.07) is 8.33. The topological polar surface area (TPSA) is 34.1 Å². The number of hydrogen-bond acceptors (Lipinski definition) is 3. The Morgan fingerprint density at radius 2 is 1.90 bits per heavy atom. The summed E-state index contributed by atoms with van der Waals surface area (Å²) >= 11 is 0. The Kier molecular flexibility index (Phi) is 5.01. The van der Waals surface area contributed by atoms with Gasteiger partial charge in [0.05, 0.1) is 5.69 Å². The second-order valence-electron chi connectivity index (χ2n) is 4.35. The SMILES string of the molecule is CCCNCc1cccc(Oc2cc(F)cc(F)c2)n1. The molecule has 0 bridgehead atoms. The van der Waals surface area contributed by atoms with Crippen molar-refractivity contribution < 1.29 is 13.5 Å². The van der Waals surface area contributed by atoms with Gasteiger partial charge in [-0.25, -0.2) is 13.8 Å². The summed E-state index contributed by atoms with van der Waals surface area (Å²) in [5.74, 6) is -0.957. The Balaban J connectivity index is 2.07. The van der Waals surface area contributed by atoms with E-state index in [1.807, 2.05) is 6.07 Å². The van der Waals surface area contributed by atoms with Crippen LogP contribution in [0.3, 0.4) is 0 Å². The minimum absolute atomic E-state index is 0.0914. The summed E-state index contributed by atoms with van der Waals surface area (Å²) < 4.78 is 31.5. The number of aromatic nitrogens is 1. The maximum atomic E-state index is 13.1. The van der Waals surface area contributed by atoms with Crippen LogP contribution in [-0.4, -0.2) is 11.5 Å². The van der Waals surface area contributed by atoms with Gasteiger partial charge in [-0.3, -0.25) is 0 Å². The average molecular weight is 278 g/mol. The standard InChI is InChI=1S/C15H16F2N2O/c1-2-6-18-10-13-4-3-5-15(19-13)20-14-8-11(16)7-12(17)9-14/h3-5,7-9,18H,2,6,10H2,1H3. The van der Waals surface area contributed by atoms with Crippen molar-refractivity contribution in [2.75, 3.05) is 6.54 Å².